The molecule has 0 unspecified atom stereocenters. The minimum atomic E-state index is -3.90. The van der Waals surface area contributed by atoms with Crippen molar-refractivity contribution in [3.05, 3.63) is 60.2 Å². The van der Waals surface area contributed by atoms with E-state index in [2.05, 4.69) is 5.32 Å². The molecule has 0 fully saturated rings. The van der Waals surface area contributed by atoms with Crippen molar-refractivity contribution in [2.75, 3.05) is 5.73 Å². The highest BCUT2D eigenvalue weighted by atomic mass is 32.2. The molecule has 0 spiro atoms. The van der Waals surface area contributed by atoms with Crippen LogP contribution >= 0.6 is 0 Å². The summed E-state index contributed by atoms with van der Waals surface area (Å²) in [5, 5.41) is 2.48. The lowest BCUT2D eigenvalue weighted by Crippen LogP contribution is -2.39. The number of nitrogen functional groups attached to an aromatic ring is 1. The van der Waals surface area contributed by atoms with Crippen LogP contribution in [0.3, 0.4) is 0 Å². The van der Waals surface area contributed by atoms with Gasteiger partial charge in [-0.25, -0.2) is 17.9 Å². The predicted octanol–water partition coefficient (Wildman–Crippen LogP) is 1.46. The zero-order valence-corrected chi connectivity index (χ0v) is 11.9. The molecule has 0 heterocycles. The number of benzene rings is 2. The van der Waals surface area contributed by atoms with Crippen molar-refractivity contribution in [2.45, 2.75) is 11.4 Å². The Morgan fingerprint density at radius 1 is 1.00 bits per heavy atom. The molecule has 110 valence electrons. The largest absolute Gasteiger partial charge is 0.399 e. The Kier molecular flexibility index (Phi) is 4.44. The van der Waals surface area contributed by atoms with E-state index in [0.29, 0.717) is 5.69 Å². The summed E-state index contributed by atoms with van der Waals surface area (Å²) in [4.78, 5) is 11.6. The molecule has 21 heavy (non-hydrogen) atoms. The third kappa shape index (κ3) is 4.22. The Labute approximate surface area is 123 Å². The SMILES string of the molecule is Nc1ccc(S(=O)(=O)NC(=O)NCc2ccccc2)cc1. The van der Waals surface area contributed by atoms with Crippen LogP contribution in [0.4, 0.5) is 10.5 Å². The van der Waals surface area contributed by atoms with E-state index >= 15 is 0 Å². The Hall–Kier alpha value is -2.54. The zero-order chi connectivity index (χ0) is 15.3. The van der Waals surface area contributed by atoms with Crippen LogP contribution in [0.1, 0.15) is 5.56 Å². The molecular formula is C14H15N3O3S. The van der Waals surface area contributed by atoms with Crippen molar-refractivity contribution >= 4 is 21.7 Å². The number of carbonyl (C=O) groups excluding carboxylic acids is 1. The summed E-state index contributed by atoms with van der Waals surface area (Å²) in [5.74, 6) is 0. The Morgan fingerprint density at radius 2 is 1.62 bits per heavy atom. The van der Waals surface area contributed by atoms with Crippen molar-refractivity contribution in [1.82, 2.24) is 10.0 Å². The summed E-state index contributed by atoms with van der Waals surface area (Å²) in [5.41, 5.74) is 6.81. The summed E-state index contributed by atoms with van der Waals surface area (Å²) in [6.07, 6.45) is 0. The van der Waals surface area contributed by atoms with Gasteiger partial charge in [0.1, 0.15) is 0 Å². The number of rotatable bonds is 4. The predicted molar refractivity (Wildman–Crippen MR) is 79.9 cm³/mol. The fraction of sp³-hybridized carbons (Fsp3) is 0.0714. The van der Waals surface area contributed by atoms with Crippen molar-refractivity contribution in [1.29, 1.82) is 0 Å². The van der Waals surface area contributed by atoms with Crippen LogP contribution in [0.5, 0.6) is 0 Å². The molecule has 0 saturated carbocycles. The third-order valence-electron chi connectivity index (χ3n) is 2.71. The Morgan fingerprint density at radius 3 is 2.24 bits per heavy atom. The van der Waals surface area contributed by atoms with Crippen LogP contribution in [0.15, 0.2) is 59.5 Å². The fourth-order valence-electron chi connectivity index (χ4n) is 1.64. The van der Waals surface area contributed by atoms with E-state index in [4.69, 9.17) is 5.73 Å². The number of anilines is 1. The number of carbonyl (C=O) groups is 1. The molecule has 6 nitrogen and oxygen atoms in total. The summed E-state index contributed by atoms with van der Waals surface area (Å²) in [7, 11) is -3.90. The van der Waals surface area contributed by atoms with E-state index in [0.717, 1.165) is 5.56 Å². The van der Waals surface area contributed by atoms with Crippen LogP contribution in [-0.2, 0) is 16.6 Å². The van der Waals surface area contributed by atoms with Crippen molar-refractivity contribution in [3.8, 4) is 0 Å². The second-order valence-corrected chi connectivity index (χ2v) is 6.03. The number of amides is 2. The lowest BCUT2D eigenvalue weighted by atomic mass is 10.2. The van der Waals surface area contributed by atoms with Crippen molar-refractivity contribution in [2.24, 2.45) is 0 Å². The summed E-state index contributed by atoms with van der Waals surface area (Å²) >= 11 is 0. The van der Waals surface area contributed by atoms with Gasteiger partial charge in [-0.05, 0) is 29.8 Å². The van der Waals surface area contributed by atoms with Crippen LogP contribution in [0, 0.1) is 0 Å². The first kappa shape index (κ1) is 14.9. The maximum Gasteiger partial charge on any atom is 0.328 e. The lowest BCUT2D eigenvalue weighted by molar-refractivity contribution is 0.245. The van der Waals surface area contributed by atoms with E-state index in [9.17, 15) is 13.2 Å². The first-order chi connectivity index (χ1) is 9.97. The van der Waals surface area contributed by atoms with Gasteiger partial charge in [0.2, 0.25) is 0 Å². The summed E-state index contributed by atoms with van der Waals surface area (Å²) in [6, 6.07) is 14.0. The summed E-state index contributed by atoms with van der Waals surface area (Å²) in [6.45, 7) is 0.240. The Balaban J connectivity index is 1.97. The van der Waals surface area contributed by atoms with Gasteiger partial charge in [0.25, 0.3) is 10.0 Å². The maximum absolute atomic E-state index is 12.0. The first-order valence-corrected chi connectivity index (χ1v) is 7.66. The number of hydrogen-bond donors (Lipinski definition) is 3. The van der Waals surface area contributed by atoms with Crippen molar-refractivity contribution in [3.63, 3.8) is 0 Å². The van der Waals surface area contributed by atoms with Gasteiger partial charge in [0, 0.05) is 12.2 Å². The molecule has 2 amide bonds. The molecule has 0 aliphatic heterocycles. The van der Waals surface area contributed by atoms with Gasteiger partial charge in [0.15, 0.2) is 0 Å². The smallest absolute Gasteiger partial charge is 0.328 e. The van der Waals surface area contributed by atoms with Gasteiger partial charge in [0.05, 0.1) is 4.90 Å². The zero-order valence-electron chi connectivity index (χ0n) is 11.1. The van der Waals surface area contributed by atoms with E-state index in [-0.39, 0.29) is 11.4 Å². The minimum Gasteiger partial charge on any atom is -0.399 e. The number of nitrogens with one attached hydrogen (secondary N) is 2. The van der Waals surface area contributed by atoms with E-state index < -0.39 is 16.1 Å². The molecule has 0 aliphatic rings. The third-order valence-corrected chi connectivity index (χ3v) is 4.06. The van der Waals surface area contributed by atoms with E-state index in [1.54, 1.807) is 0 Å². The highest BCUT2D eigenvalue weighted by Gasteiger charge is 2.16. The highest BCUT2D eigenvalue weighted by molar-refractivity contribution is 7.90. The molecule has 2 rings (SSSR count). The second kappa shape index (κ2) is 6.27. The molecule has 0 saturated heterocycles. The molecule has 0 aromatic heterocycles. The van der Waals surface area contributed by atoms with Crippen LogP contribution in [0.25, 0.3) is 0 Å². The van der Waals surface area contributed by atoms with E-state index in [1.165, 1.54) is 24.3 Å². The normalized spacial score (nSPS) is 10.9. The van der Waals surface area contributed by atoms with Gasteiger partial charge in [-0.15, -0.1) is 0 Å². The number of hydrogen-bond acceptors (Lipinski definition) is 4. The monoisotopic (exact) mass is 305 g/mol. The molecular weight excluding hydrogens is 290 g/mol. The standard InChI is InChI=1S/C14H15N3O3S/c15-12-6-8-13(9-7-12)21(19,20)17-14(18)16-10-11-4-2-1-3-5-11/h1-9H,10,15H2,(H2,16,17,18). The average molecular weight is 305 g/mol. The molecule has 0 bridgehead atoms. The maximum atomic E-state index is 12.0. The minimum absolute atomic E-state index is 0.0217. The fourth-order valence-corrected chi connectivity index (χ4v) is 2.57. The molecule has 4 N–H and O–H groups in total. The average Bonchev–Trinajstić information content (AvgIpc) is 2.46. The van der Waals surface area contributed by atoms with Gasteiger partial charge in [-0.2, -0.15) is 0 Å². The molecule has 7 heteroatoms. The van der Waals surface area contributed by atoms with Gasteiger partial charge in [-0.1, -0.05) is 30.3 Å². The number of sulfonamides is 1. The van der Waals surface area contributed by atoms with Gasteiger partial charge >= 0.3 is 6.03 Å². The molecule has 0 radical (unpaired) electrons. The van der Waals surface area contributed by atoms with Crippen LogP contribution in [0.2, 0.25) is 0 Å². The highest BCUT2D eigenvalue weighted by Crippen LogP contribution is 2.11. The van der Waals surface area contributed by atoms with Crippen LogP contribution in [-0.4, -0.2) is 14.4 Å². The molecule has 0 aliphatic carbocycles. The van der Waals surface area contributed by atoms with Gasteiger partial charge in [-0.3, -0.25) is 0 Å². The molecule has 0 atom stereocenters. The van der Waals surface area contributed by atoms with Crippen molar-refractivity contribution < 1.29 is 13.2 Å². The molecule has 2 aromatic rings. The summed E-state index contributed by atoms with van der Waals surface area (Å²) < 4.78 is 25.8. The molecule has 2 aromatic carbocycles. The van der Waals surface area contributed by atoms with Crippen LogP contribution < -0.4 is 15.8 Å². The van der Waals surface area contributed by atoms with E-state index in [1.807, 2.05) is 35.1 Å². The Bertz CT molecular complexity index is 713. The quantitative estimate of drug-likeness (QED) is 0.744. The number of nitrogens with two attached hydrogens (primary N) is 1. The first-order valence-electron chi connectivity index (χ1n) is 6.17. The second-order valence-electron chi connectivity index (χ2n) is 4.34. The lowest BCUT2D eigenvalue weighted by Gasteiger charge is -2.09. The topological polar surface area (TPSA) is 101 Å². The van der Waals surface area contributed by atoms with Gasteiger partial charge < -0.3 is 11.1 Å². The number of urea groups is 1.